The number of anilines is 1. The van der Waals surface area contributed by atoms with Crippen LogP contribution in [-0.4, -0.2) is 50.1 Å². The van der Waals surface area contributed by atoms with Gasteiger partial charge in [0.15, 0.2) is 5.96 Å². The number of guanidine groups is 1. The fourth-order valence-electron chi connectivity index (χ4n) is 4.86. The van der Waals surface area contributed by atoms with Crippen molar-refractivity contribution >= 4 is 17.6 Å². The number of carbonyl (C=O) groups is 1. The molecule has 0 bridgehead atoms. The molecule has 1 saturated carbocycles. The highest BCUT2D eigenvalue weighted by Gasteiger charge is 2.43. The average molecular weight is 450 g/mol. The smallest absolute Gasteiger partial charge is 0.238 e. The SMILES string of the molecule is CN=C(NCc1cccc(NC(=O)CN(C)C)c1)NC1CC2(CCCC2)Oc2ccccc21. The Morgan fingerprint density at radius 2 is 1.94 bits per heavy atom. The number of rotatable bonds is 6. The minimum Gasteiger partial charge on any atom is -0.487 e. The fraction of sp³-hybridized carbons (Fsp3) is 0.462. The Kier molecular flexibility index (Phi) is 7.18. The molecule has 0 saturated heterocycles. The van der Waals surface area contributed by atoms with E-state index in [-0.39, 0.29) is 17.6 Å². The molecular formula is C26H35N5O2. The van der Waals surface area contributed by atoms with Gasteiger partial charge in [-0.1, -0.05) is 30.3 Å². The van der Waals surface area contributed by atoms with E-state index in [2.05, 4.69) is 39.1 Å². The minimum absolute atomic E-state index is 0.0263. The molecule has 176 valence electrons. The third-order valence-electron chi connectivity index (χ3n) is 6.38. The van der Waals surface area contributed by atoms with E-state index in [4.69, 9.17) is 4.74 Å². The number of aliphatic imine (C=N–C) groups is 1. The van der Waals surface area contributed by atoms with E-state index in [1.807, 2.05) is 49.3 Å². The van der Waals surface area contributed by atoms with Gasteiger partial charge in [-0.3, -0.25) is 9.79 Å². The number of hydrogen-bond donors (Lipinski definition) is 3. The number of fused-ring (bicyclic) bond motifs is 1. The Labute approximate surface area is 196 Å². The molecule has 7 heteroatoms. The third-order valence-corrected chi connectivity index (χ3v) is 6.38. The molecule has 7 nitrogen and oxygen atoms in total. The van der Waals surface area contributed by atoms with Crippen molar-refractivity contribution in [3.05, 3.63) is 59.7 Å². The third kappa shape index (κ3) is 5.85. The summed E-state index contributed by atoms with van der Waals surface area (Å²) in [5.41, 5.74) is 2.98. The van der Waals surface area contributed by atoms with Crippen LogP contribution in [0.4, 0.5) is 5.69 Å². The Morgan fingerprint density at radius 1 is 1.15 bits per heavy atom. The summed E-state index contributed by atoms with van der Waals surface area (Å²) in [5, 5.41) is 10.0. The normalized spacial score (nSPS) is 19.2. The number of nitrogens with zero attached hydrogens (tertiary/aromatic N) is 2. The molecule has 1 heterocycles. The molecule has 1 atom stereocenters. The highest BCUT2D eigenvalue weighted by Crippen LogP contribution is 2.46. The predicted octanol–water partition coefficient (Wildman–Crippen LogP) is 3.69. The van der Waals surface area contributed by atoms with E-state index in [1.54, 1.807) is 7.05 Å². The predicted molar refractivity (Wildman–Crippen MR) is 133 cm³/mol. The van der Waals surface area contributed by atoms with Crippen LogP contribution in [0, 0.1) is 0 Å². The second-order valence-electron chi connectivity index (χ2n) is 9.34. The largest absolute Gasteiger partial charge is 0.487 e. The second-order valence-corrected chi connectivity index (χ2v) is 9.34. The molecule has 1 aliphatic heterocycles. The van der Waals surface area contributed by atoms with E-state index in [9.17, 15) is 4.79 Å². The molecule has 33 heavy (non-hydrogen) atoms. The summed E-state index contributed by atoms with van der Waals surface area (Å²) in [6.45, 7) is 0.959. The molecule has 1 spiro atoms. The molecule has 2 aliphatic rings. The van der Waals surface area contributed by atoms with E-state index >= 15 is 0 Å². The van der Waals surface area contributed by atoms with Gasteiger partial charge in [0.2, 0.25) is 5.91 Å². The molecular weight excluding hydrogens is 414 g/mol. The molecule has 1 unspecified atom stereocenters. The number of nitrogens with one attached hydrogen (secondary N) is 3. The van der Waals surface area contributed by atoms with Gasteiger partial charge in [-0.25, -0.2) is 0 Å². The maximum absolute atomic E-state index is 12.1. The first kappa shape index (κ1) is 23.1. The van der Waals surface area contributed by atoms with Crippen LogP contribution in [-0.2, 0) is 11.3 Å². The molecule has 4 rings (SSSR count). The topological polar surface area (TPSA) is 78.0 Å². The zero-order chi connectivity index (χ0) is 23.3. The van der Waals surface area contributed by atoms with Crippen LogP contribution in [0.25, 0.3) is 0 Å². The number of carbonyl (C=O) groups excluding carboxylic acids is 1. The molecule has 0 radical (unpaired) electrons. The van der Waals surface area contributed by atoms with E-state index in [0.717, 1.165) is 42.2 Å². The van der Waals surface area contributed by atoms with E-state index in [0.29, 0.717) is 13.1 Å². The van der Waals surface area contributed by atoms with Crippen molar-refractivity contribution in [2.45, 2.75) is 50.3 Å². The lowest BCUT2D eigenvalue weighted by molar-refractivity contribution is -0.116. The first-order valence-electron chi connectivity index (χ1n) is 11.7. The van der Waals surface area contributed by atoms with Gasteiger partial charge in [0, 0.05) is 31.3 Å². The molecule has 0 aromatic heterocycles. The Morgan fingerprint density at radius 3 is 2.70 bits per heavy atom. The second kappa shape index (κ2) is 10.3. The monoisotopic (exact) mass is 449 g/mol. The van der Waals surface area contributed by atoms with Crippen LogP contribution in [0.15, 0.2) is 53.5 Å². The molecule has 3 N–H and O–H groups in total. The number of likely N-dealkylation sites (N-methyl/N-ethyl adjacent to an activating group) is 1. The van der Waals surface area contributed by atoms with Crippen molar-refractivity contribution in [2.75, 3.05) is 33.0 Å². The lowest BCUT2D eigenvalue weighted by Crippen LogP contribution is -2.46. The lowest BCUT2D eigenvalue weighted by atomic mass is 9.86. The lowest BCUT2D eigenvalue weighted by Gasteiger charge is -2.40. The van der Waals surface area contributed by atoms with Gasteiger partial charge in [-0.15, -0.1) is 0 Å². The number of ether oxygens (including phenoxy) is 1. The van der Waals surface area contributed by atoms with Gasteiger partial charge >= 0.3 is 0 Å². The quantitative estimate of drug-likeness (QED) is 0.463. The Balaban J connectivity index is 1.40. The van der Waals surface area contributed by atoms with Crippen LogP contribution in [0.5, 0.6) is 5.75 Å². The molecule has 1 aliphatic carbocycles. The first-order chi connectivity index (χ1) is 16.0. The Bertz CT molecular complexity index is 998. The summed E-state index contributed by atoms with van der Waals surface area (Å²) in [6, 6.07) is 16.4. The fourth-order valence-corrected chi connectivity index (χ4v) is 4.86. The highest BCUT2D eigenvalue weighted by molar-refractivity contribution is 5.92. The van der Waals surface area contributed by atoms with Gasteiger partial charge in [0.25, 0.3) is 0 Å². The van der Waals surface area contributed by atoms with Gasteiger partial charge < -0.3 is 25.6 Å². The summed E-state index contributed by atoms with van der Waals surface area (Å²) >= 11 is 0. The van der Waals surface area contributed by atoms with Crippen molar-refractivity contribution in [2.24, 2.45) is 4.99 Å². The molecule has 2 aromatic rings. The minimum atomic E-state index is -0.0655. The van der Waals surface area contributed by atoms with Crippen LogP contribution in [0.3, 0.4) is 0 Å². The summed E-state index contributed by atoms with van der Waals surface area (Å²) in [7, 11) is 5.55. The van der Waals surface area contributed by atoms with Crippen molar-refractivity contribution in [1.82, 2.24) is 15.5 Å². The van der Waals surface area contributed by atoms with Crippen molar-refractivity contribution in [3.8, 4) is 5.75 Å². The van der Waals surface area contributed by atoms with Gasteiger partial charge in [0.05, 0.1) is 12.6 Å². The van der Waals surface area contributed by atoms with E-state index in [1.165, 1.54) is 18.4 Å². The zero-order valence-corrected chi connectivity index (χ0v) is 19.9. The molecule has 2 aromatic carbocycles. The summed E-state index contributed by atoms with van der Waals surface area (Å²) in [5.74, 6) is 1.72. The number of benzene rings is 2. The van der Waals surface area contributed by atoms with Crippen molar-refractivity contribution < 1.29 is 9.53 Å². The number of hydrogen-bond acceptors (Lipinski definition) is 4. The molecule has 1 amide bonds. The average Bonchev–Trinajstić information content (AvgIpc) is 3.23. The van der Waals surface area contributed by atoms with Crippen molar-refractivity contribution in [1.29, 1.82) is 0 Å². The maximum atomic E-state index is 12.1. The maximum Gasteiger partial charge on any atom is 0.238 e. The van der Waals surface area contributed by atoms with Crippen molar-refractivity contribution in [3.63, 3.8) is 0 Å². The van der Waals surface area contributed by atoms with E-state index < -0.39 is 0 Å². The number of amides is 1. The summed E-state index contributed by atoms with van der Waals surface area (Å²) < 4.78 is 6.49. The van der Waals surface area contributed by atoms with Gasteiger partial charge in [0.1, 0.15) is 11.4 Å². The summed E-state index contributed by atoms with van der Waals surface area (Å²) in [4.78, 5) is 18.4. The summed E-state index contributed by atoms with van der Waals surface area (Å²) in [6.07, 6.45) is 5.61. The van der Waals surface area contributed by atoms with Crippen LogP contribution < -0.4 is 20.7 Å². The van der Waals surface area contributed by atoms with Crippen LogP contribution in [0.2, 0.25) is 0 Å². The first-order valence-corrected chi connectivity index (χ1v) is 11.7. The molecule has 1 fully saturated rings. The Hall–Kier alpha value is -3.06. The van der Waals surface area contributed by atoms with Crippen LogP contribution in [0.1, 0.15) is 49.3 Å². The van der Waals surface area contributed by atoms with Gasteiger partial charge in [-0.2, -0.15) is 0 Å². The van der Waals surface area contributed by atoms with Crippen LogP contribution >= 0.6 is 0 Å². The highest BCUT2D eigenvalue weighted by atomic mass is 16.5. The van der Waals surface area contributed by atoms with Gasteiger partial charge in [-0.05, 0) is 63.5 Å². The number of para-hydroxylation sites is 1. The standard InChI is InChI=1S/C26H35N5O2/c1-27-25(28-17-19-9-8-10-20(15-19)29-24(32)18-31(2)3)30-22-16-26(13-6-7-14-26)33-23-12-5-4-11-21(22)23/h4-5,8-12,15,22H,6-7,13-14,16-18H2,1-3H3,(H,29,32)(H2,27,28,30). The zero-order valence-electron chi connectivity index (χ0n) is 19.9.